The predicted octanol–water partition coefficient (Wildman–Crippen LogP) is 5.70. The predicted molar refractivity (Wildman–Crippen MR) is 106 cm³/mol. The zero-order valence-corrected chi connectivity index (χ0v) is 16.0. The Kier molecular flexibility index (Phi) is 5.35. The molecule has 0 bridgehead atoms. The van der Waals surface area contributed by atoms with Crippen LogP contribution in [0.4, 0.5) is 13.2 Å². The van der Waals surface area contributed by atoms with E-state index in [0.717, 1.165) is 41.8 Å². The molecular formula is C23H23F3N2O. The molecule has 1 aliphatic rings. The van der Waals surface area contributed by atoms with Crippen molar-refractivity contribution in [2.24, 2.45) is 0 Å². The third kappa shape index (κ3) is 4.47. The number of rotatable bonds is 7. The van der Waals surface area contributed by atoms with Gasteiger partial charge in [-0.25, -0.2) is 0 Å². The second-order valence-corrected chi connectivity index (χ2v) is 7.62. The van der Waals surface area contributed by atoms with Gasteiger partial charge in [0.05, 0.1) is 5.56 Å². The Balaban J connectivity index is 1.41. The number of halogens is 3. The molecule has 1 fully saturated rings. The van der Waals surface area contributed by atoms with Gasteiger partial charge in [-0.05, 0) is 48.9 Å². The van der Waals surface area contributed by atoms with Crippen LogP contribution in [-0.4, -0.2) is 21.8 Å². The molecule has 1 N–H and O–H groups in total. The number of nitrogens with one attached hydrogen (secondary N) is 1. The molecule has 4 rings (SSSR count). The standard InChI is InChI=1S/C23H23F3N2O/c24-23(25,26)20-9-3-1-6-17(20)15-28(18-12-13-18)22(29)11-5-7-16-14-27-21-10-4-2-8-19(16)21/h1-4,6,8-10,14,18,27H,5,7,11-13,15H2. The molecule has 1 heterocycles. The molecule has 0 radical (unpaired) electrons. The van der Waals surface area contributed by atoms with Crippen molar-refractivity contribution in [3.63, 3.8) is 0 Å². The summed E-state index contributed by atoms with van der Waals surface area (Å²) in [7, 11) is 0. The van der Waals surface area contributed by atoms with Crippen molar-refractivity contribution in [3.05, 3.63) is 71.4 Å². The fraction of sp³-hybridized carbons (Fsp3) is 0.348. The molecule has 1 saturated carbocycles. The lowest BCUT2D eigenvalue weighted by molar-refractivity contribution is -0.140. The highest BCUT2D eigenvalue weighted by Gasteiger charge is 2.36. The molecule has 0 atom stereocenters. The second-order valence-electron chi connectivity index (χ2n) is 7.62. The maximum absolute atomic E-state index is 13.3. The van der Waals surface area contributed by atoms with E-state index in [4.69, 9.17) is 0 Å². The van der Waals surface area contributed by atoms with Crippen LogP contribution in [0.15, 0.2) is 54.7 Å². The normalized spacial score (nSPS) is 14.3. The first-order valence-electron chi connectivity index (χ1n) is 9.93. The van der Waals surface area contributed by atoms with Gasteiger partial charge in [0.15, 0.2) is 0 Å². The number of fused-ring (bicyclic) bond motifs is 1. The lowest BCUT2D eigenvalue weighted by Gasteiger charge is -2.24. The van der Waals surface area contributed by atoms with E-state index in [2.05, 4.69) is 4.98 Å². The Morgan fingerprint density at radius 1 is 1.03 bits per heavy atom. The van der Waals surface area contributed by atoms with Crippen molar-refractivity contribution < 1.29 is 18.0 Å². The Morgan fingerprint density at radius 2 is 1.76 bits per heavy atom. The van der Waals surface area contributed by atoms with E-state index in [1.54, 1.807) is 11.0 Å². The molecule has 1 aliphatic carbocycles. The number of aromatic amines is 1. The summed E-state index contributed by atoms with van der Waals surface area (Å²) in [5.74, 6) is -0.0654. The highest BCUT2D eigenvalue weighted by atomic mass is 19.4. The molecule has 6 heteroatoms. The topological polar surface area (TPSA) is 36.1 Å². The smallest absolute Gasteiger partial charge is 0.361 e. The summed E-state index contributed by atoms with van der Waals surface area (Å²) in [6.45, 7) is 0.0201. The quantitative estimate of drug-likeness (QED) is 0.543. The average Bonchev–Trinajstić information content (AvgIpc) is 3.46. The summed E-state index contributed by atoms with van der Waals surface area (Å²) < 4.78 is 39.9. The van der Waals surface area contributed by atoms with E-state index in [-0.39, 0.29) is 24.1 Å². The van der Waals surface area contributed by atoms with E-state index in [1.807, 2.05) is 30.5 Å². The van der Waals surface area contributed by atoms with E-state index in [0.29, 0.717) is 12.8 Å². The van der Waals surface area contributed by atoms with Crippen LogP contribution in [-0.2, 0) is 23.9 Å². The van der Waals surface area contributed by atoms with E-state index < -0.39 is 11.7 Å². The number of alkyl halides is 3. The minimum absolute atomic E-state index is 0.0201. The van der Waals surface area contributed by atoms with Gasteiger partial charge in [0.1, 0.15) is 0 Å². The Labute approximate surface area is 167 Å². The minimum Gasteiger partial charge on any atom is -0.361 e. The molecule has 152 valence electrons. The zero-order chi connectivity index (χ0) is 20.4. The van der Waals surface area contributed by atoms with Gasteiger partial charge in [-0.15, -0.1) is 0 Å². The van der Waals surface area contributed by atoms with Gasteiger partial charge in [-0.3, -0.25) is 4.79 Å². The number of aromatic nitrogens is 1. The number of benzene rings is 2. The maximum Gasteiger partial charge on any atom is 0.416 e. The SMILES string of the molecule is O=C(CCCc1c[nH]c2ccccc12)N(Cc1ccccc1C(F)(F)F)C1CC1. The van der Waals surface area contributed by atoms with Crippen LogP contribution in [0.1, 0.15) is 42.4 Å². The lowest BCUT2D eigenvalue weighted by Crippen LogP contribution is -2.33. The Morgan fingerprint density at radius 3 is 2.52 bits per heavy atom. The molecule has 0 unspecified atom stereocenters. The van der Waals surface area contributed by atoms with E-state index in [1.165, 1.54) is 12.1 Å². The first kappa shape index (κ1) is 19.6. The van der Waals surface area contributed by atoms with Crippen LogP contribution < -0.4 is 0 Å². The summed E-state index contributed by atoms with van der Waals surface area (Å²) in [4.78, 5) is 17.7. The summed E-state index contributed by atoms with van der Waals surface area (Å²) in [5.41, 5.74) is 1.74. The lowest BCUT2D eigenvalue weighted by atomic mass is 10.0. The molecule has 3 aromatic rings. The molecule has 0 spiro atoms. The fourth-order valence-corrected chi connectivity index (χ4v) is 3.84. The number of aryl methyl sites for hydroxylation is 1. The Hall–Kier alpha value is -2.76. The number of H-pyrrole nitrogens is 1. The highest BCUT2D eigenvalue weighted by molar-refractivity contribution is 5.83. The second kappa shape index (κ2) is 7.93. The molecule has 29 heavy (non-hydrogen) atoms. The van der Waals surface area contributed by atoms with Crippen molar-refractivity contribution in [1.29, 1.82) is 0 Å². The first-order chi connectivity index (χ1) is 13.9. The van der Waals surface area contributed by atoms with Gasteiger partial charge in [0.25, 0.3) is 0 Å². The van der Waals surface area contributed by atoms with Gasteiger partial charge in [0, 0.05) is 36.1 Å². The number of amides is 1. The van der Waals surface area contributed by atoms with Crippen LogP contribution in [0.5, 0.6) is 0 Å². The van der Waals surface area contributed by atoms with Crippen LogP contribution in [0, 0.1) is 0 Å². The van der Waals surface area contributed by atoms with Crippen molar-refractivity contribution in [1.82, 2.24) is 9.88 Å². The van der Waals surface area contributed by atoms with Gasteiger partial charge < -0.3 is 9.88 Å². The number of carbonyl (C=O) groups is 1. The summed E-state index contributed by atoms with van der Waals surface area (Å²) in [6, 6.07) is 13.6. The van der Waals surface area contributed by atoms with Crippen LogP contribution in [0.25, 0.3) is 10.9 Å². The molecule has 3 nitrogen and oxygen atoms in total. The number of nitrogens with zero attached hydrogens (tertiary/aromatic N) is 1. The van der Waals surface area contributed by atoms with Crippen LogP contribution >= 0.6 is 0 Å². The average molecular weight is 400 g/mol. The van der Waals surface area contributed by atoms with Gasteiger partial charge >= 0.3 is 6.18 Å². The van der Waals surface area contributed by atoms with E-state index in [9.17, 15) is 18.0 Å². The molecule has 1 amide bonds. The third-order valence-corrected chi connectivity index (χ3v) is 5.48. The monoisotopic (exact) mass is 400 g/mol. The number of hydrogen-bond donors (Lipinski definition) is 1. The number of para-hydroxylation sites is 1. The van der Waals surface area contributed by atoms with Crippen LogP contribution in [0.2, 0.25) is 0 Å². The molecule has 0 saturated heterocycles. The summed E-state index contributed by atoms with van der Waals surface area (Å²) in [6.07, 6.45) is 1.05. The van der Waals surface area contributed by atoms with Crippen molar-refractivity contribution in [2.45, 2.75) is 50.9 Å². The van der Waals surface area contributed by atoms with Crippen molar-refractivity contribution >= 4 is 16.8 Å². The molecule has 0 aliphatic heterocycles. The highest BCUT2D eigenvalue weighted by Crippen LogP contribution is 2.35. The van der Waals surface area contributed by atoms with Crippen molar-refractivity contribution in [3.8, 4) is 0 Å². The third-order valence-electron chi connectivity index (χ3n) is 5.48. The number of carbonyl (C=O) groups excluding carboxylic acids is 1. The van der Waals surface area contributed by atoms with Crippen molar-refractivity contribution in [2.75, 3.05) is 0 Å². The molecule has 1 aromatic heterocycles. The van der Waals surface area contributed by atoms with Gasteiger partial charge in [-0.2, -0.15) is 13.2 Å². The van der Waals surface area contributed by atoms with E-state index >= 15 is 0 Å². The fourth-order valence-electron chi connectivity index (χ4n) is 3.84. The zero-order valence-electron chi connectivity index (χ0n) is 16.0. The molecular weight excluding hydrogens is 377 g/mol. The van der Waals surface area contributed by atoms with Gasteiger partial charge in [-0.1, -0.05) is 36.4 Å². The summed E-state index contributed by atoms with van der Waals surface area (Å²) >= 11 is 0. The van der Waals surface area contributed by atoms with Gasteiger partial charge in [0.2, 0.25) is 5.91 Å². The largest absolute Gasteiger partial charge is 0.416 e. The minimum atomic E-state index is -4.41. The maximum atomic E-state index is 13.3. The number of hydrogen-bond acceptors (Lipinski definition) is 1. The summed E-state index contributed by atoms with van der Waals surface area (Å²) in [5, 5.41) is 1.15. The molecule has 2 aromatic carbocycles. The van der Waals surface area contributed by atoms with Crippen LogP contribution in [0.3, 0.4) is 0 Å². The first-order valence-corrected chi connectivity index (χ1v) is 9.93. The Bertz CT molecular complexity index is 1000.